The van der Waals surface area contributed by atoms with Crippen LogP contribution < -0.4 is 11.1 Å². The van der Waals surface area contributed by atoms with Crippen LogP contribution in [-0.2, 0) is 0 Å². The van der Waals surface area contributed by atoms with E-state index in [1.807, 2.05) is 43.3 Å². The Morgan fingerprint density at radius 1 is 1.20 bits per heavy atom. The molecule has 1 aromatic carbocycles. The minimum atomic E-state index is 0.723. The molecule has 0 radical (unpaired) electrons. The lowest BCUT2D eigenvalue weighted by Gasteiger charge is -2.08. The zero-order valence-electron chi connectivity index (χ0n) is 8.57. The number of para-hydroxylation sites is 2. The smallest absolute Gasteiger partial charge is 0.130 e. The molecule has 0 unspecified atom stereocenters. The Balaban J connectivity index is 2.26. The summed E-state index contributed by atoms with van der Waals surface area (Å²) in [7, 11) is 0. The third kappa shape index (κ3) is 2.26. The number of nitrogens with one attached hydrogen (secondary N) is 1. The number of aromatic nitrogens is 1. The van der Waals surface area contributed by atoms with Crippen LogP contribution in [-0.4, -0.2) is 4.98 Å². The molecule has 0 fully saturated rings. The van der Waals surface area contributed by atoms with Crippen LogP contribution in [0.3, 0.4) is 0 Å². The van der Waals surface area contributed by atoms with Gasteiger partial charge in [-0.1, -0.05) is 12.1 Å². The molecule has 0 saturated carbocycles. The Labute approximate surface area is 89.0 Å². The van der Waals surface area contributed by atoms with Crippen LogP contribution in [0.1, 0.15) is 5.56 Å². The van der Waals surface area contributed by atoms with Gasteiger partial charge in [0.15, 0.2) is 0 Å². The Hall–Kier alpha value is -2.03. The van der Waals surface area contributed by atoms with Crippen molar-refractivity contribution in [2.75, 3.05) is 11.1 Å². The summed E-state index contributed by atoms with van der Waals surface area (Å²) in [5, 5.41) is 3.18. The van der Waals surface area contributed by atoms with E-state index in [2.05, 4.69) is 10.3 Å². The van der Waals surface area contributed by atoms with Gasteiger partial charge in [-0.25, -0.2) is 4.98 Å². The summed E-state index contributed by atoms with van der Waals surface area (Å²) in [5.41, 5.74) is 8.59. The fraction of sp³-hybridized carbons (Fsp3) is 0.0833. The van der Waals surface area contributed by atoms with Gasteiger partial charge in [0.1, 0.15) is 5.82 Å². The molecule has 1 aromatic heterocycles. The van der Waals surface area contributed by atoms with E-state index in [4.69, 9.17) is 5.73 Å². The maximum Gasteiger partial charge on any atom is 0.130 e. The molecule has 15 heavy (non-hydrogen) atoms. The molecule has 0 amide bonds. The number of hydrogen-bond acceptors (Lipinski definition) is 3. The molecule has 76 valence electrons. The van der Waals surface area contributed by atoms with Crippen molar-refractivity contribution in [1.29, 1.82) is 0 Å². The van der Waals surface area contributed by atoms with Crippen molar-refractivity contribution in [3.63, 3.8) is 0 Å². The summed E-state index contributed by atoms with van der Waals surface area (Å²) in [6.45, 7) is 2.03. The molecule has 3 heteroatoms. The second-order valence-corrected chi connectivity index (χ2v) is 3.43. The average Bonchev–Trinajstić information content (AvgIpc) is 2.22. The van der Waals surface area contributed by atoms with Crippen molar-refractivity contribution in [3.05, 3.63) is 48.2 Å². The van der Waals surface area contributed by atoms with E-state index in [0.717, 1.165) is 17.2 Å². The lowest BCUT2D eigenvalue weighted by molar-refractivity contribution is 1.27. The number of anilines is 3. The maximum absolute atomic E-state index is 5.82. The van der Waals surface area contributed by atoms with Crippen molar-refractivity contribution >= 4 is 17.2 Å². The molecular weight excluding hydrogens is 186 g/mol. The maximum atomic E-state index is 5.82. The lowest BCUT2D eigenvalue weighted by Crippen LogP contribution is -1.97. The van der Waals surface area contributed by atoms with Crippen molar-refractivity contribution in [3.8, 4) is 0 Å². The summed E-state index contributed by atoms with van der Waals surface area (Å²) < 4.78 is 0. The Bertz CT molecular complexity index is 466. The molecule has 3 nitrogen and oxygen atoms in total. The van der Waals surface area contributed by atoms with E-state index in [0.29, 0.717) is 0 Å². The number of nitrogens with zero attached hydrogens (tertiary/aromatic N) is 1. The van der Waals surface area contributed by atoms with Gasteiger partial charge in [-0.3, -0.25) is 0 Å². The highest BCUT2D eigenvalue weighted by atomic mass is 15.0. The quantitative estimate of drug-likeness (QED) is 0.731. The van der Waals surface area contributed by atoms with Gasteiger partial charge >= 0.3 is 0 Å². The number of aryl methyl sites for hydroxylation is 1. The molecule has 2 rings (SSSR count). The molecule has 0 saturated heterocycles. The van der Waals surface area contributed by atoms with Gasteiger partial charge in [0, 0.05) is 6.20 Å². The molecule has 2 aromatic rings. The fourth-order valence-corrected chi connectivity index (χ4v) is 1.35. The van der Waals surface area contributed by atoms with Gasteiger partial charge in [0.2, 0.25) is 0 Å². The number of benzene rings is 1. The Kier molecular flexibility index (Phi) is 2.54. The van der Waals surface area contributed by atoms with Crippen LogP contribution in [0.15, 0.2) is 42.6 Å². The summed E-state index contributed by atoms with van der Waals surface area (Å²) in [6, 6.07) is 11.6. The highest BCUT2D eigenvalue weighted by molar-refractivity contribution is 5.70. The highest BCUT2D eigenvalue weighted by Gasteiger charge is 1.98. The van der Waals surface area contributed by atoms with E-state index in [1.165, 1.54) is 5.56 Å². The first-order valence-corrected chi connectivity index (χ1v) is 4.80. The van der Waals surface area contributed by atoms with E-state index in [1.54, 1.807) is 6.20 Å². The number of rotatable bonds is 2. The standard InChI is InChI=1S/C12H13N3/c1-9-6-7-14-12(8-9)15-11-5-3-2-4-10(11)13/h2-8H,13H2,1H3,(H,14,15). The van der Waals surface area contributed by atoms with Crippen molar-refractivity contribution in [2.45, 2.75) is 6.92 Å². The van der Waals surface area contributed by atoms with Crippen molar-refractivity contribution in [1.82, 2.24) is 4.98 Å². The fourth-order valence-electron chi connectivity index (χ4n) is 1.35. The number of nitrogens with two attached hydrogens (primary N) is 1. The van der Waals surface area contributed by atoms with Gasteiger partial charge in [-0.15, -0.1) is 0 Å². The first-order valence-electron chi connectivity index (χ1n) is 4.80. The number of pyridine rings is 1. The van der Waals surface area contributed by atoms with Crippen LogP contribution in [0.4, 0.5) is 17.2 Å². The first kappa shape index (κ1) is 9.52. The summed E-state index contributed by atoms with van der Waals surface area (Å²) >= 11 is 0. The van der Waals surface area contributed by atoms with E-state index < -0.39 is 0 Å². The molecular formula is C12H13N3. The first-order chi connectivity index (χ1) is 7.25. The molecule has 0 aliphatic rings. The number of hydrogen-bond donors (Lipinski definition) is 2. The van der Waals surface area contributed by atoms with Gasteiger partial charge in [-0.05, 0) is 36.8 Å². The topological polar surface area (TPSA) is 50.9 Å². The van der Waals surface area contributed by atoms with Crippen LogP contribution in [0.25, 0.3) is 0 Å². The third-order valence-electron chi connectivity index (χ3n) is 2.14. The summed E-state index contributed by atoms with van der Waals surface area (Å²) in [6.07, 6.45) is 1.77. The second kappa shape index (κ2) is 4.00. The highest BCUT2D eigenvalue weighted by Crippen LogP contribution is 2.21. The molecule has 1 heterocycles. The van der Waals surface area contributed by atoms with E-state index in [-0.39, 0.29) is 0 Å². The predicted octanol–water partition coefficient (Wildman–Crippen LogP) is 2.72. The minimum absolute atomic E-state index is 0.723. The SMILES string of the molecule is Cc1ccnc(Nc2ccccc2N)c1. The zero-order chi connectivity index (χ0) is 10.7. The normalized spacial score (nSPS) is 9.93. The van der Waals surface area contributed by atoms with Crippen LogP contribution in [0, 0.1) is 6.92 Å². The van der Waals surface area contributed by atoms with Gasteiger partial charge in [0.05, 0.1) is 11.4 Å². The minimum Gasteiger partial charge on any atom is -0.397 e. The largest absolute Gasteiger partial charge is 0.397 e. The van der Waals surface area contributed by atoms with E-state index in [9.17, 15) is 0 Å². The van der Waals surface area contributed by atoms with Gasteiger partial charge in [0.25, 0.3) is 0 Å². The summed E-state index contributed by atoms with van der Waals surface area (Å²) in [5.74, 6) is 0.813. The van der Waals surface area contributed by atoms with Crippen molar-refractivity contribution in [2.24, 2.45) is 0 Å². The van der Waals surface area contributed by atoms with Crippen LogP contribution in [0.2, 0.25) is 0 Å². The number of nitrogen functional groups attached to an aromatic ring is 1. The molecule has 3 N–H and O–H groups in total. The Morgan fingerprint density at radius 3 is 2.73 bits per heavy atom. The van der Waals surface area contributed by atoms with Gasteiger partial charge in [-0.2, -0.15) is 0 Å². The third-order valence-corrected chi connectivity index (χ3v) is 2.14. The molecule has 0 spiro atoms. The zero-order valence-corrected chi connectivity index (χ0v) is 8.57. The van der Waals surface area contributed by atoms with Crippen LogP contribution >= 0.6 is 0 Å². The van der Waals surface area contributed by atoms with Gasteiger partial charge < -0.3 is 11.1 Å². The van der Waals surface area contributed by atoms with Crippen molar-refractivity contribution < 1.29 is 0 Å². The van der Waals surface area contributed by atoms with Crippen LogP contribution in [0.5, 0.6) is 0 Å². The lowest BCUT2D eigenvalue weighted by atomic mass is 10.2. The Morgan fingerprint density at radius 2 is 2.00 bits per heavy atom. The summed E-state index contributed by atoms with van der Waals surface area (Å²) in [4.78, 5) is 4.21. The molecule has 0 atom stereocenters. The molecule has 0 bridgehead atoms. The average molecular weight is 199 g/mol. The predicted molar refractivity (Wildman–Crippen MR) is 63.1 cm³/mol. The monoisotopic (exact) mass is 199 g/mol. The van der Waals surface area contributed by atoms with E-state index >= 15 is 0 Å². The molecule has 0 aliphatic carbocycles. The molecule has 0 aliphatic heterocycles. The second-order valence-electron chi connectivity index (χ2n) is 3.43.